The summed E-state index contributed by atoms with van der Waals surface area (Å²) in [6.07, 6.45) is 4.73. The predicted octanol–water partition coefficient (Wildman–Crippen LogP) is 3.57. The van der Waals surface area contributed by atoms with Crippen LogP contribution >= 0.6 is 11.6 Å². The number of aromatic amines is 1. The standard InChI is InChI=1S/C28H33ClN8O4S/c1-15-11-19(16(2)31-22-8-9-23(29)32-25(22)26(38)35-42(5,40)41)24-20(12-15)27(39)36(4)28(33-24)37-10-6-7-18(14-37)21-13-30-34-17(21)3/h8-9,11-13,16,18,31H,6-7,10,14H2,1-5H3,(H,30,34)(H,35,38)/t16-,18+/m1/s1. The molecule has 3 aromatic heterocycles. The SMILES string of the molecule is Cc1cc([C@@H](C)Nc2ccc(Cl)nc2C(=O)NS(C)(=O)=O)c2nc(N3CCC[C@H](c4cn[nH]c4C)C3)n(C)c(=O)c2c1. The van der Waals surface area contributed by atoms with E-state index in [-0.39, 0.29) is 28.0 Å². The van der Waals surface area contributed by atoms with Crippen molar-refractivity contribution in [3.63, 3.8) is 0 Å². The average molecular weight is 613 g/mol. The van der Waals surface area contributed by atoms with E-state index in [1.807, 2.05) is 43.8 Å². The molecule has 4 aromatic rings. The fourth-order valence-electron chi connectivity index (χ4n) is 5.59. The maximum atomic E-state index is 13.7. The van der Waals surface area contributed by atoms with E-state index < -0.39 is 22.0 Å². The van der Waals surface area contributed by atoms with Gasteiger partial charge in [0.15, 0.2) is 5.69 Å². The van der Waals surface area contributed by atoms with Gasteiger partial charge in [-0.1, -0.05) is 17.7 Å². The molecule has 0 aliphatic carbocycles. The molecule has 222 valence electrons. The van der Waals surface area contributed by atoms with E-state index in [9.17, 15) is 18.0 Å². The van der Waals surface area contributed by atoms with Crippen LogP contribution in [0.1, 0.15) is 64.6 Å². The molecule has 1 aliphatic rings. The van der Waals surface area contributed by atoms with Gasteiger partial charge in [-0.15, -0.1) is 0 Å². The van der Waals surface area contributed by atoms with Crippen LogP contribution in [-0.2, 0) is 17.1 Å². The number of aryl methyl sites for hydroxylation is 2. The van der Waals surface area contributed by atoms with Crippen molar-refractivity contribution in [2.24, 2.45) is 7.05 Å². The van der Waals surface area contributed by atoms with Crippen LogP contribution in [0, 0.1) is 13.8 Å². The van der Waals surface area contributed by atoms with E-state index in [1.54, 1.807) is 17.7 Å². The number of hydrogen-bond donors (Lipinski definition) is 3. The van der Waals surface area contributed by atoms with E-state index in [0.717, 1.165) is 42.5 Å². The minimum absolute atomic E-state index is 0.0353. The van der Waals surface area contributed by atoms with Gasteiger partial charge in [0.1, 0.15) is 5.15 Å². The Kier molecular flexibility index (Phi) is 7.99. The van der Waals surface area contributed by atoms with Crippen LogP contribution in [-0.4, -0.2) is 58.4 Å². The van der Waals surface area contributed by atoms with Crippen molar-refractivity contribution < 1.29 is 13.2 Å². The number of nitrogens with one attached hydrogen (secondary N) is 3. The third-order valence-corrected chi connectivity index (χ3v) is 8.30. The molecule has 2 atom stereocenters. The van der Waals surface area contributed by atoms with Crippen LogP contribution in [0.4, 0.5) is 11.6 Å². The van der Waals surface area contributed by atoms with Gasteiger partial charge in [-0.3, -0.25) is 19.3 Å². The second-order valence-corrected chi connectivity index (χ2v) is 13.0. The Hall–Kier alpha value is -3.97. The summed E-state index contributed by atoms with van der Waals surface area (Å²) >= 11 is 6.03. The number of anilines is 2. The highest BCUT2D eigenvalue weighted by molar-refractivity contribution is 7.89. The van der Waals surface area contributed by atoms with Crippen molar-refractivity contribution in [2.75, 3.05) is 29.6 Å². The summed E-state index contributed by atoms with van der Waals surface area (Å²) in [7, 11) is -2.09. The number of carbonyl (C=O) groups is 1. The highest BCUT2D eigenvalue weighted by atomic mass is 35.5. The van der Waals surface area contributed by atoms with Crippen LogP contribution in [0.5, 0.6) is 0 Å². The zero-order valence-corrected chi connectivity index (χ0v) is 25.6. The Balaban J connectivity index is 1.54. The van der Waals surface area contributed by atoms with Crippen molar-refractivity contribution in [1.29, 1.82) is 0 Å². The molecule has 1 aliphatic heterocycles. The van der Waals surface area contributed by atoms with Crippen molar-refractivity contribution >= 4 is 50.1 Å². The largest absolute Gasteiger partial charge is 0.377 e. The van der Waals surface area contributed by atoms with Gasteiger partial charge in [0, 0.05) is 37.3 Å². The number of halogens is 1. The normalized spacial score (nSPS) is 16.4. The van der Waals surface area contributed by atoms with E-state index >= 15 is 0 Å². The molecule has 0 unspecified atom stereocenters. The van der Waals surface area contributed by atoms with E-state index in [0.29, 0.717) is 23.4 Å². The summed E-state index contributed by atoms with van der Waals surface area (Å²) in [6.45, 7) is 7.26. The van der Waals surface area contributed by atoms with Gasteiger partial charge < -0.3 is 10.2 Å². The average Bonchev–Trinajstić information content (AvgIpc) is 3.36. The number of pyridine rings is 1. The summed E-state index contributed by atoms with van der Waals surface area (Å²) in [4.78, 5) is 37.7. The fourth-order valence-corrected chi connectivity index (χ4v) is 6.17. The summed E-state index contributed by atoms with van der Waals surface area (Å²) in [5.74, 6) is -0.0697. The first-order valence-electron chi connectivity index (χ1n) is 13.5. The number of fused-ring (bicyclic) bond motifs is 1. The molecule has 12 nitrogen and oxygen atoms in total. The molecular formula is C28H33ClN8O4S. The van der Waals surface area contributed by atoms with Crippen LogP contribution < -0.4 is 20.5 Å². The van der Waals surface area contributed by atoms with Crippen LogP contribution in [0.15, 0.2) is 35.3 Å². The van der Waals surface area contributed by atoms with Crippen molar-refractivity contribution in [2.45, 2.75) is 45.6 Å². The Bertz CT molecular complexity index is 1850. The molecule has 1 saturated heterocycles. The van der Waals surface area contributed by atoms with Gasteiger partial charge >= 0.3 is 0 Å². The number of carbonyl (C=O) groups excluding carboxylic acids is 1. The molecule has 0 saturated carbocycles. The molecular weight excluding hydrogens is 580 g/mol. The van der Waals surface area contributed by atoms with Crippen LogP contribution in [0.3, 0.4) is 0 Å². The molecule has 5 rings (SSSR count). The summed E-state index contributed by atoms with van der Waals surface area (Å²) < 4.78 is 26.9. The quantitative estimate of drug-likeness (QED) is 0.266. The van der Waals surface area contributed by atoms with Crippen molar-refractivity contribution in [3.8, 4) is 0 Å². The Morgan fingerprint density at radius 1 is 1.21 bits per heavy atom. The van der Waals surface area contributed by atoms with E-state index in [4.69, 9.17) is 16.6 Å². The molecule has 42 heavy (non-hydrogen) atoms. The van der Waals surface area contributed by atoms with Gasteiger partial charge in [-0.2, -0.15) is 5.10 Å². The lowest BCUT2D eigenvalue weighted by molar-refractivity contribution is 0.0977. The molecule has 0 radical (unpaired) electrons. The lowest BCUT2D eigenvalue weighted by Crippen LogP contribution is -2.39. The number of rotatable bonds is 7. The second-order valence-electron chi connectivity index (χ2n) is 10.9. The highest BCUT2D eigenvalue weighted by Gasteiger charge is 2.27. The zero-order valence-electron chi connectivity index (χ0n) is 24.0. The van der Waals surface area contributed by atoms with Crippen LogP contribution in [0.2, 0.25) is 5.15 Å². The Labute approximate surface area is 248 Å². The number of aromatic nitrogens is 5. The maximum absolute atomic E-state index is 13.7. The second kappa shape index (κ2) is 11.4. The molecule has 1 amide bonds. The summed E-state index contributed by atoms with van der Waals surface area (Å²) in [5, 5.41) is 11.0. The zero-order chi connectivity index (χ0) is 30.3. The Morgan fingerprint density at radius 3 is 2.67 bits per heavy atom. The molecule has 0 bridgehead atoms. The number of sulfonamides is 1. The van der Waals surface area contributed by atoms with Crippen molar-refractivity contribution in [3.05, 3.63) is 74.0 Å². The number of piperidine rings is 1. The number of hydrogen-bond acceptors (Lipinski definition) is 9. The molecule has 0 spiro atoms. The fraction of sp³-hybridized carbons (Fsp3) is 0.393. The molecule has 4 heterocycles. The minimum Gasteiger partial charge on any atom is -0.377 e. The topological polar surface area (TPSA) is 155 Å². The first-order chi connectivity index (χ1) is 19.8. The van der Waals surface area contributed by atoms with E-state index in [2.05, 4.69) is 25.4 Å². The first-order valence-corrected chi connectivity index (χ1v) is 15.8. The number of nitrogens with zero attached hydrogens (tertiary/aromatic N) is 5. The molecule has 1 fully saturated rings. The number of amides is 1. The first kappa shape index (κ1) is 29.5. The van der Waals surface area contributed by atoms with Gasteiger partial charge in [0.05, 0.1) is 35.1 Å². The molecule has 1 aromatic carbocycles. The molecule has 3 N–H and O–H groups in total. The van der Waals surface area contributed by atoms with Crippen molar-refractivity contribution in [1.82, 2.24) is 29.5 Å². The highest BCUT2D eigenvalue weighted by Crippen LogP contribution is 2.32. The molecule has 14 heteroatoms. The van der Waals surface area contributed by atoms with Gasteiger partial charge in [0.2, 0.25) is 16.0 Å². The van der Waals surface area contributed by atoms with Gasteiger partial charge in [0.25, 0.3) is 11.5 Å². The number of benzene rings is 1. The third-order valence-electron chi connectivity index (χ3n) is 7.54. The lowest BCUT2D eigenvalue weighted by Gasteiger charge is -2.34. The lowest BCUT2D eigenvalue weighted by atomic mass is 9.91. The van der Waals surface area contributed by atoms with Crippen LogP contribution in [0.25, 0.3) is 10.9 Å². The summed E-state index contributed by atoms with van der Waals surface area (Å²) in [6, 6.07) is 6.39. The minimum atomic E-state index is -3.83. The van der Waals surface area contributed by atoms with Gasteiger partial charge in [-0.25, -0.2) is 23.1 Å². The smallest absolute Gasteiger partial charge is 0.285 e. The number of H-pyrrole nitrogens is 1. The van der Waals surface area contributed by atoms with E-state index in [1.165, 1.54) is 11.6 Å². The monoisotopic (exact) mass is 612 g/mol. The third kappa shape index (κ3) is 5.97. The Morgan fingerprint density at radius 2 is 1.98 bits per heavy atom. The predicted molar refractivity (Wildman–Crippen MR) is 163 cm³/mol. The maximum Gasteiger partial charge on any atom is 0.285 e. The van der Waals surface area contributed by atoms with Gasteiger partial charge in [-0.05, 0) is 62.9 Å². The summed E-state index contributed by atoms with van der Waals surface area (Å²) in [5.41, 5.74) is 4.33.